The van der Waals surface area contributed by atoms with E-state index in [2.05, 4.69) is 16.0 Å². The van der Waals surface area contributed by atoms with Crippen LogP contribution >= 0.6 is 11.8 Å². The van der Waals surface area contributed by atoms with Crippen molar-refractivity contribution in [2.75, 3.05) is 18.6 Å². The summed E-state index contributed by atoms with van der Waals surface area (Å²) >= 11 is 1.47. The molecular formula is C20H37N7O7S. The molecule has 0 aliphatic rings. The first-order chi connectivity index (χ1) is 16.4. The zero-order valence-corrected chi connectivity index (χ0v) is 20.6. The van der Waals surface area contributed by atoms with Gasteiger partial charge in [-0.25, -0.2) is 4.79 Å². The molecule has 0 saturated heterocycles. The van der Waals surface area contributed by atoms with Gasteiger partial charge in [0.1, 0.15) is 18.1 Å². The highest BCUT2D eigenvalue weighted by Gasteiger charge is 2.31. The second-order valence-electron chi connectivity index (χ2n) is 7.87. The Bertz CT molecular complexity index is 753. The second kappa shape index (κ2) is 17.5. The Balaban J connectivity index is 5.51. The number of hydrogen-bond donors (Lipinski definition) is 8. The molecule has 15 heteroatoms. The molecule has 4 atom stereocenters. The molecule has 0 heterocycles. The van der Waals surface area contributed by atoms with Gasteiger partial charge in [0.05, 0.1) is 12.5 Å². The van der Waals surface area contributed by atoms with Crippen LogP contribution in [0.1, 0.15) is 44.9 Å². The fraction of sp³-hybridized carbons (Fsp3) is 0.700. The van der Waals surface area contributed by atoms with Crippen molar-refractivity contribution in [3.05, 3.63) is 0 Å². The van der Waals surface area contributed by atoms with E-state index in [9.17, 15) is 33.9 Å². The Hall–Kier alpha value is -2.91. The molecular weight excluding hydrogens is 482 g/mol. The Morgan fingerprint density at radius 1 is 0.800 bits per heavy atom. The van der Waals surface area contributed by atoms with Crippen molar-refractivity contribution in [1.82, 2.24) is 16.0 Å². The molecule has 200 valence electrons. The summed E-state index contributed by atoms with van der Waals surface area (Å²) in [5.41, 5.74) is 21.5. The molecule has 0 aliphatic heterocycles. The molecule has 0 aromatic carbocycles. The summed E-state index contributed by atoms with van der Waals surface area (Å²) in [6, 6.07) is -5.00. The summed E-state index contributed by atoms with van der Waals surface area (Å²) in [7, 11) is 0. The highest BCUT2D eigenvalue weighted by molar-refractivity contribution is 7.98. The van der Waals surface area contributed by atoms with Crippen molar-refractivity contribution in [2.45, 2.75) is 69.1 Å². The van der Waals surface area contributed by atoms with Crippen molar-refractivity contribution in [3.63, 3.8) is 0 Å². The van der Waals surface area contributed by atoms with Gasteiger partial charge in [-0.15, -0.1) is 0 Å². The van der Waals surface area contributed by atoms with Gasteiger partial charge in [-0.3, -0.25) is 24.0 Å². The van der Waals surface area contributed by atoms with E-state index in [1.807, 2.05) is 6.26 Å². The number of rotatable bonds is 19. The van der Waals surface area contributed by atoms with Crippen molar-refractivity contribution in [3.8, 4) is 0 Å². The Kier molecular flexibility index (Phi) is 16.1. The molecule has 0 radical (unpaired) electrons. The minimum Gasteiger partial charge on any atom is -0.480 e. The first-order valence-corrected chi connectivity index (χ1v) is 12.5. The van der Waals surface area contributed by atoms with E-state index in [0.29, 0.717) is 31.6 Å². The number of aliphatic carboxylic acids is 1. The van der Waals surface area contributed by atoms with Crippen LogP contribution in [0.4, 0.5) is 0 Å². The van der Waals surface area contributed by atoms with E-state index < -0.39 is 66.1 Å². The number of hydrogen-bond acceptors (Lipinski definition) is 9. The number of carbonyl (C=O) groups excluding carboxylic acids is 5. The van der Waals surface area contributed by atoms with Crippen LogP contribution in [-0.2, 0) is 28.8 Å². The highest BCUT2D eigenvalue weighted by atomic mass is 32.2. The Labute approximate surface area is 208 Å². The summed E-state index contributed by atoms with van der Waals surface area (Å²) < 4.78 is 0. The number of unbranched alkanes of at least 4 members (excludes halogenated alkanes) is 1. The monoisotopic (exact) mass is 519 g/mol. The van der Waals surface area contributed by atoms with Gasteiger partial charge in [0.25, 0.3) is 0 Å². The SMILES string of the molecule is CSCCC(N)C(=O)NC(CC(N)=O)C(=O)NC(CCC(N)=O)C(=O)NC(CCCCN)C(=O)O. The summed E-state index contributed by atoms with van der Waals surface area (Å²) in [5.74, 6) is -4.84. The van der Waals surface area contributed by atoms with Crippen molar-refractivity contribution in [1.29, 1.82) is 0 Å². The zero-order chi connectivity index (χ0) is 27.0. The number of carboxylic acid groups (broad SMARTS) is 1. The fourth-order valence-corrected chi connectivity index (χ4v) is 3.40. The maximum absolute atomic E-state index is 12.8. The van der Waals surface area contributed by atoms with Crippen LogP contribution in [0.5, 0.6) is 0 Å². The van der Waals surface area contributed by atoms with Gasteiger partial charge >= 0.3 is 5.97 Å². The normalized spacial score (nSPS) is 14.1. The van der Waals surface area contributed by atoms with E-state index in [1.54, 1.807) is 0 Å². The molecule has 0 rings (SSSR count). The van der Waals surface area contributed by atoms with Crippen LogP contribution in [0, 0.1) is 0 Å². The van der Waals surface area contributed by atoms with Gasteiger partial charge < -0.3 is 44.0 Å². The third kappa shape index (κ3) is 14.2. The zero-order valence-electron chi connectivity index (χ0n) is 19.8. The average Bonchev–Trinajstić information content (AvgIpc) is 2.78. The first kappa shape index (κ1) is 32.1. The van der Waals surface area contributed by atoms with Crippen molar-refractivity contribution in [2.24, 2.45) is 22.9 Å². The third-order valence-corrected chi connectivity index (χ3v) is 5.53. The molecule has 0 fully saturated rings. The van der Waals surface area contributed by atoms with Crippen LogP contribution in [0.2, 0.25) is 0 Å². The molecule has 14 nitrogen and oxygen atoms in total. The number of nitrogens with one attached hydrogen (secondary N) is 3. The number of nitrogens with two attached hydrogens (primary N) is 4. The lowest BCUT2D eigenvalue weighted by atomic mass is 10.1. The minimum atomic E-state index is -1.44. The van der Waals surface area contributed by atoms with E-state index in [4.69, 9.17) is 22.9 Å². The molecule has 12 N–H and O–H groups in total. The van der Waals surface area contributed by atoms with Gasteiger partial charge in [-0.2, -0.15) is 11.8 Å². The maximum Gasteiger partial charge on any atom is 0.326 e. The third-order valence-electron chi connectivity index (χ3n) is 4.88. The molecule has 5 amide bonds. The van der Waals surface area contributed by atoms with Gasteiger partial charge in [0.2, 0.25) is 29.5 Å². The largest absolute Gasteiger partial charge is 0.480 e. The first-order valence-electron chi connectivity index (χ1n) is 11.1. The Morgan fingerprint density at radius 3 is 1.89 bits per heavy atom. The molecule has 4 unspecified atom stereocenters. The average molecular weight is 520 g/mol. The topological polar surface area (TPSA) is 263 Å². The number of primary amides is 2. The quantitative estimate of drug-likeness (QED) is 0.0795. The van der Waals surface area contributed by atoms with Gasteiger partial charge in [-0.1, -0.05) is 0 Å². The van der Waals surface area contributed by atoms with Crippen molar-refractivity contribution >= 4 is 47.3 Å². The summed E-state index contributed by atoms with van der Waals surface area (Å²) in [4.78, 5) is 72.1. The summed E-state index contributed by atoms with van der Waals surface area (Å²) in [6.07, 6.45) is 2.13. The molecule has 35 heavy (non-hydrogen) atoms. The molecule has 0 saturated carbocycles. The smallest absolute Gasteiger partial charge is 0.326 e. The molecule has 0 aromatic rings. The van der Waals surface area contributed by atoms with Crippen LogP contribution in [0.3, 0.4) is 0 Å². The highest BCUT2D eigenvalue weighted by Crippen LogP contribution is 2.06. The van der Waals surface area contributed by atoms with E-state index in [-0.39, 0.29) is 19.3 Å². The van der Waals surface area contributed by atoms with Gasteiger partial charge in [0, 0.05) is 6.42 Å². The number of carboxylic acids is 1. The lowest BCUT2D eigenvalue weighted by molar-refractivity contribution is -0.142. The molecule has 0 bridgehead atoms. The van der Waals surface area contributed by atoms with E-state index in [0.717, 1.165) is 0 Å². The molecule has 0 aliphatic carbocycles. The van der Waals surface area contributed by atoms with E-state index >= 15 is 0 Å². The molecule has 0 spiro atoms. The van der Waals surface area contributed by atoms with Crippen LogP contribution < -0.4 is 38.9 Å². The van der Waals surface area contributed by atoms with Gasteiger partial charge in [0.15, 0.2) is 0 Å². The van der Waals surface area contributed by atoms with Crippen molar-refractivity contribution < 1.29 is 33.9 Å². The fourth-order valence-electron chi connectivity index (χ4n) is 2.92. The second-order valence-corrected chi connectivity index (χ2v) is 8.86. The lowest BCUT2D eigenvalue weighted by Crippen LogP contribution is -2.57. The number of thioether (sulfide) groups is 1. The maximum atomic E-state index is 12.8. The lowest BCUT2D eigenvalue weighted by Gasteiger charge is -2.24. The van der Waals surface area contributed by atoms with Crippen LogP contribution in [0.25, 0.3) is 0 Å². The predicted molar refractivity (Wildman–Crippen MR) is 130 cm³/mol. The van der Waals surface area contributed by atoms with Crippen LogP contribution in [-0.4, -0.2) is 83.3 Å². The van der Waals surface area contributed by atoms with E-state index in [1.165, 1.54) is 11.8 Å². The number of carbonyl (C=O) groups is 6. The van der Waals surface area contributed by atoms with Crippen LogP contribution in [0.15, 0.2) is 0 Å². The molecule has 0 aromatic heterocycles. The summed E-state index contributed by atoms with van der Waals surface area (Å²) in [6.45, 7) is 0.353. The number of amides is 5. The van der Waals surface area contributed by atoms with Gasteiger partial charge in [-0.05, 0) is 50.7 Å². The minimum absolute atomic E-state index is 0.100. The predicted octanol–water partition coefficient (Wildman–Crippen LogP) is -3.12. The summed E-state index contributed by atoms with van der Waals surface area (Å²) in [5, 5.41) is 16.4. The Morgan fingerprint density at radius 2 is 1.37 bits per heavy atom. The standard InChI is InChI=1S/C20H37N7O7S/c1-35-9-7-11(22)17(30)27-14(10-16(24)29)19(32)25-12(5-6-15(23)28)18(31)26-13(20(33)34)4-2-3-8-21/h11-14H,2-10,21-22H2,1H3,(H2,23,28)(H2,24,29)(H,25,32)(H,26,31)(H,27,30)(H,33,34).